The Morgan fingerprint density at radius 1 is 1.47 bits per heavy atom. The Morgan fingerprint density at radius 3 is 2.27 bits per heavy atom. The molecule has 1 atom stereocenters. The first-order chi connectivity index (χ1) is 6.70. The van der Waals surface area contributed by atoms with Crippen LogP contribution in [0.2, 0.25) is 0 Å². The maximum absolute atomic E-state index is 11.6. The van der Waals surface area contributed by atoms with E-state index in [1.165, 1.54) is 0 Å². The maximum atomic E-state index is 11.6. The Kier molecular flexibility index (Phi) is 4.74. The number of nitrogens with two attached hydrogens (primary N) is 1. The second-order valence-corrected chi connectivity index (χ2v) is 4.27. The van der Waals surface area contributed by atoms with E-state index in [2.05, 4.69) is 5.32 Å². The fourth-order valence-corrected chi connectivity index (χ4v) is 0.931. The standard InChI is InChI=1S/C10H21N3O2/c1-6-13(5)8(14)7(2)12-9(15)10(3,4)11/h7H,6,11H2,1-5H3,(H,12,15). The molecule has 0 fully saturated rings. The van der Waals surface area contributed by atoms with Crippen LogP contribution >= 0.6 is 0 Å². The van der Waals surface area contributed by atoms with Crippen molar-refractivity contribution in [1.29, 1.82) is 0 Å². The zero-order valence-electron chi connectivity index (χ0n) is 10.1. The van der Waals surface area contributed by atoms with E-state index in [4.69, 9.17) is 5.73 Å². The smallest absolute Gasteiger partial charge is 0.244 e. The summed E-state index contributed by atoms with van der Waals surface area (Å²) in [5.74, 6) is -0.442. The number of carbonyl (C=O) groups is 2. The molecule has 3 N–H and O–H groups in total. The summed E-state index contributed by atoms with van der Waals surface area (Å²) in [4.78, 5) is 24.6. The maximum Gasteiger partial charge on any atom is 0.244 e. The average molecular weight is 215 g/mol. The van der Waals surface area contributed by atoms with Crippen LogP contribution in [-0.4, -0.2) is 41.9 Å². The molecule has 0 saturated heterocycles. The lowest BCUT2D eigenvalue weighted by molar-refractivity contribution is -0.135. The van der Waals surface area contributed by atoms with Crippen molar-refractivity contribution in [3.63, 3.8) is 0 Å². The quantitative estimate of drug-likeness (QED) is 0.676. The summed E-state index contributed by atoms with van der Waals surface area (Å²) in [5, 5.41) is 2.58. The van der Waals surface area contributed by atoms with E-state index in [9.17, 15) is 9.59 Å². The van der Waals surface area contributed by atoms with Crippen LogP contribution in [0.5, 0.6) is 0 Å². The molecule has 15 heavy (non-hydrogen) atoms. The van der Waals surface area contributed by atoms with E-state index in [0.717, 1.165) is 0 Å². The summed E-state index contributed by atoms with van der Waals surface area (Å²) >= 11 is 0. The Labute approximate surface area is 91.0 Å². The molecule has 0 saturated carbocycles. The van der Waals surface area contributed by atoms with Crippen molar-refractivity contribution in [2.45, 2.75) is 39.3 Å². The highest BCUT2D eigenvalue weighted by Gasteiger charge is 2.26. The van der Waals surface area contributed by atoms with Crippen LogP contribution in [0, 0.1) is 0 Å². The molecule has 0 aliphatic heterocycles. The molecular weight excluding hydrogens is 194 g/mol. The number of likely N-dealkylation sites (N-methyl/N-ethyl adjacent to an activating group) is 1. The summed E-state index contributed by atoms with van der Waals surface area (Å²) in [5.41, 5.74) is 4.64. The Hall–Kier alpha value is -1.10. The Morgan fingerprint density at radius 2 is 1.93 bits per heavy atom. The predicted molar refractivity (Wildman–Crippen MR) is 59.2 cm³/mol. The predicted octanol–water partition coefficient (Wildman–Crippen LogP) is -0.293. The van der Waals surface area contributed by atoms with Crippen LogP contribution in [0.3, 0.4) is 0 Å². The molecular formula is C10H21N3O2. The van der Waals surface area contributed by atoms with Crippen LogP contribution in [0.25, 0.3) is 0 Å². The van der Waals surface area contributed by atoms with Crippen LogP contribution in [0.15, 0.2) is 0 Å². The molecule has 0 aromatic heterocycles. The van der Waals surface area contributed by atoms with Gasteiger partial charge in [-0.15, -0.1) is 0 Å². The van der Waals surface area contributed by atoms with E-state index < -0.39 is 11.6 Å². The number of rotatable bonds is 4. The molecule has 0 spiro atoms. The van der Waals surface area contributed by atoms with Gasteiger partial charge in [-0.1, -0.05) is 0 Å². The van der Waals surface area contributed by atoms with Gasteiger partial charge in [0.2, 0.25) is 11.8 Å². The molecule has 0 heterocycles. The molecule has 0 aromatic rings. The molecule has 0 aliphatic carbocycles. The molecule has 0 rings (SSSR count). The molecule has 1 unspecified atom stereocenters. The second-order valence-electron chi connectivity index (χ2n) is 4.27. The van der Waals surface area contributed by atoms with E-state index in [1.807, 2.05) is 6.92 Å². The summed E-state index contributed by atoms with van der Waals surface area (Å²) < 4.78 is 0. The van der Waals surface area contributed by atoms with Crippen molar-refractivity contribution >= 4 is 11.8 Å². The van der Waals surface area contributed by atoms with Gasteiger partial charge >= 0.3 is 0 Å². The molecule has 88 valence electrons. The number of hydrogen-bond acceptors (Lipinski definition) is 3. The second kappa shape index (κ2) is 5.11. The third-order valence-electron chi connectivity index (χ3n) is 2.15. The Bertz CT molecular complexity index is 246. The van der Waals surface area contributed by atoms with Gasteiger partial charge in [-0.05, 0) is 27.7 Å². The largest absolute Gasteiger partial charge is 0.344 e. The van der Waals surface area contributed by atoms with Gasteiger partial charge in [-0.2, -0.15) is 0 Å². The highest BCUT2D eigenvalue weighted by molar-refractivity contribution is 5.91. The molecule has 5 heteroatoms. The zero-order chi connectivity index (χ0) is 12.2. The molecule has 0 radical (unpaired) electrons. The van der Waals surface area contributed by atoms with Gasteiger partial charge < -0.3 is 16.0 Å². The van der Waals surface area contributed by atoms with Gasteiger partial charge in [0.25, 0.3) is 0 Å². The van der Waals surface area contributed by atoms with Crippen LogP contribution in [0.4, 0.5) is 0 Å². The normalized spacial score (nSPS) is 13.2. The van der Waals surface area contributed by atoms with Crippen molar-refractivity contribution in [2.24, 2.45) is 5.73 Å². The van der Waals surface area contributed by atoms with Crippen molar-refractivity contribution < 1.29 is 9.59 Å². The SMILES string of the molecule is CCN(C)C(=O)C(C)NC(=O)C(C)(C)N. The van der Waals surface area contributed by atoms with Crippen LogP contribution < -0.4 is 11.1 Å². The van der Waals surface area contributed by atoms with Crippen LogP contribution in [0.1, 0.15) is 27.7 Å². The van der Waals surface area contributed by atoms with E-state index in [0.29, 0.717) is 6.54 Å². The minimum atomic E-state index is -0.959. The summed E-state index contributed by atoms with van der Waals surface area (Å²) in [6.07, 6.45) is 0. The van der Waals surface area contributed by atoms with Gasteiger partial charge in [0.15, 0.2) is 0 Å². The highest BCUT2D eigenvalue weighted by atomic mass is 16.2. The average Bonchev–Trinajstić information content (AvgIpc) is 2.13. The molecule has 0 aliphatic rings. The van der Waals surface area contributed by atoms with Gasteiger partial charge in [0, 0.05) is 13.6 Å². The lowest BCUT2D eigenvalue weighted by atomic mass is 10.1. The van der Waals surface area contributed by atoms with Crippen molar-refractivity contribution in [3.8, 4) is 0 Å². The first kappa shape index (κ1) is 13.9. The molecule has 5 nitrogen and oxygen atoms in total. The minimum Gasteiger partial charge on any atom is -0.344 e. The van der Waals surface area contributed by atoms with E-state index >= 15 is 0 Å². The zero-order valence-corrected chi connectivity index (χ0v) is 10.1. The Balaban J connectivity index is 4.32. The van der Waals surface area contributed by atoms with E-state index in [-0.39, 0.29) is 11.8 Å². The fourth-order valence-electron chi connectivity index (χ4n) is 0.931. The molecule has 0 aromatic carbocycles. The van der Waals surface area contributed by atoms with Gasteiger partial charge in [0.1, 0.15) is 6.04 Å². The fraction of sp³-hybridized carbons (Fsp3) is 0.800. The summed E-state index contributed by atoms with van der Waals surface area (Å²) in [6, 6.07) is -0.537. The molecule has 2 amide bonds. The first-order valence-corrected chi connectivity index (χ1v) is 5.05. The van der Waals surface area contributed by atoms with Gasteiger partial charge in [-0.25, -0.2) is 0 Å². The van der Waals surface area contributed by atoms with Gasteiger partial charge in [-0.3, -0.25) is 9.59 Å². The monoisotopic (exact) mass is 215 g/mol. The third kappa shape index (κ3) is 4.29. The topological polar surface area (TPSA) is 75.4 Å². The van der Waals surface area contributed by atoms with E-state index in [1.54, 1.807) is 32.7 Å². The van der Waals surface area contributed by atoms with Gasteiger partial charge in [0.05, 0.1) is 5.54 Å². The minimum absolute atomic E-state index is 0.116. The van der Waals surface area contributed by atoms with Crippen molar-refractivity contribution in [3.05, 3.63) is 0 Å². The number of amides is 2. The van der Waals surface area contributed by atoms with Crippen molar-refractivity contribution in [1.82, 2.24) is 10.2 Å². The lowest BCUT2D eigenvalue weighted by Gasteiger charge is -2.24. The lowest BCUT2D eigenvalue weighted by Crippen LogP contribution is -2.55. The number of hydrogen-bond donors (Lipinski definition) is 2. The summed E-state index contributed by atoms with van der Waals surface area (Å²) in [7, 11) is 1.69. The number of nitrogens with zero attached hydrogens (tertiary/aromatic N) is 1. The highest BCUT2D eigenvalue weighted by Crippen LogP contribution is 1.98. The van der Waals surface area contributed by atoms with Crippen LogP contribution in [-0.2, 0) is 9.59 Å². The number of carbonyl (C=O) groups excluding carboxylic acids is 2. The molecule has 0 bridgehead atoms. The number of nitrogens with one attached hydrogen (secondary N) is 1. The third-order valence-corrected chi connectivity index (χ3v) is 2.15. The van der Waals surface area contributed by atoms with Crippen molar-refractivity contribution in [2.75, 3.05) is 13.6 Å². The first-order valence-electron chi connectivity index (χ1n) is 5.05. The summed E-state index contributed by atoms with van der Waals surface area (Å²) in [6.45, 7) is 7.34.